The van der Waals surface area contributed by atoms with Crippen LogP contribution in [0, 0.1) is 0 Å². The minimum absolute atomic E-state index is 0.100. The predicted molar refractivity (Wildman–Crippen MR) is 53.4 cm³/mol. The summed E-state index contributed by atoms with van der Waals surface area (Å²) in [5.41, 5.74) is 3.11. The highest BCUT2D eigenvalue weighted by Crippen LogP contribution is 2.52. The molecule has 15 heavy (non-hydrogen) atoms. The lowest BCUT2D eigenvalue weighted by molar-refractivity contribution is 0.350. The van der Waals surface area contributed by atoms with E-state index in [-0.39, 0.29) is 36.6 Å². The van der Waals surface area contributed by atoms with E-state index in [1.54, 1.807) is 0 Å². The average molecular weight is 204 g/mol. The number of fused-ring (bicyclic) bond motifs is 3. The maximum Gasteiger partial charge on any atom is 0.112 e. The van der Waals surface area contributed by atoms with Crippen LogP contribution in [0.4, 0.5) is 0 Å². The van der Waals surface area contributed by atoms with Gasteiger partial charge in [0.05, 0.1) is 0 Å². The van der Waals surface area contributed by atoms with Crippen molar-refractivity contribution in [3.05, 3.63) is 36.5 Å². The van der Waals surface area contributed by atoms with Gasteiger partial charge in [0.15, 0.2) is 0 Å². The van der Waals surface area contributed by atoms with E-state index in [9.17, 15) is 0 Å². The van der Waals surface area contributed by atoms with Crippen LogP contribution in [0.25, 0.3) is 0 Å². The Bertz CT molecular complexity index is 319. The largest absolute Gasteiger partial charge is 0.360 e. The zero-order valence-electron chi connectivity index (χ0n) is 8.31. The molecule has 3 saturated heterocycles. The Balaban J connectivity index is 1.70. The van der Waals surface area contributed by atoms with Crippen molar-refractivity contribution in [2.45, 2.75) is 36.6 Å². The molecule has 6 atom stereocenters. The molecule has 3 heterocycles. The van der Waals surface area contributed by atoms with Crippen molar-refractivity contribution in [3.8, 4) is 0 Å². The van der Waals surface area contributed by atoms with Crippen LogP contribution >= 0.6 is 0 Å². The number of ether oxygens (including phenoxy) is 3. The van der Waals surface area contributed by atoms with E-state index < -0.39 is 0 Å². The SMILES string of the molecule is C=C1[C@H]2O[C@H]2C(=C)[C@H]2O[C@H]2C(=C)[C@H]2O[C@@H]12. The maximum atomic E-state index is 5.56. The molecule has 0 unspecified atom stereocenters. The van der Waals surface area contributed by atoms with Gasteiger partial charge in [-0.2, -0.15) is 0 Å². The second-order valence-electron chi connectivity index (χ2n) is 4.66. The zero-order chi connectivity index (χ0) is 10.3. The Morgan fingerprint density at radius 3 is 0.933 bits per heavy atom. The van der Waals surface area contributed by atoms with Gasteiger partial charge in [-0.15, -0.1) is 0 Å². The highest BCUT2D eigenvalue weighted by molar-refractivity contribution is 5.42. The second-order valence-corrected chi connectivity index (χ2v) is 4.66. The molecule has 0 spiro atoms. The molecule has 4 rings (SSSR count). The predicted octanol–water partition coefficient (Wildman–Crippen LogP) is 0.971. The highest BCUT2D eigenvalue weighted by Gasteiger charge is 2.62. The molecule has 0 amide bonds. The summed E-state index contributed by atoms with van der Waals surface area (Å²) in [7, 11) is 0. The molecular formula is C12H12O3. The smallest absolute Gasteiger partial charge is 0.112 e. The molecule has 0 aromatic heterocycles. The quantitative estimate of drug-likeness (QED) is 0.436. The number of hydrogen-bond donors (Lipinski definition) is 0. The van der Waals surface area contributed by atoms with Gasteiger partial charge in [-0.05, 0) is 16.7 Å². The fourth-order valence-corrected chi connectivity index (χ4v) is 2.51. The molecule has 3 nitrogen and oxygen atoms in total. The summed E-state index contributed by atoms with van der Waals surface area (Å²) in [6, 6.07) is 0. The first-order chi connectivity index (χ1) is 7.18. The van der Waals surface area contributed by atoms with Crippen LogP contribution in [0.15, 0.2) is 36.5 Å². The molecule has 78 valence electrons. The number of rotatable bonds is 0. The standard InChI is InChI=1S/C12H12O3/c1-4-7-9(13-7)5(2)11-12(15-11)6(3)10-8(4)14-10/h7-12H,1-3H2/t7-,8+,9+,10-,11-,12+. The van der Waals surface area contributed by atoms with E-state index in [4.69, 9.17) is 14.2 Å². The third-order valence-corrected chi connectivity index (χ3v) is 3.67. The second kappa shape index (κ2) is 2.26. The molecule has 0 N–H and O–H groups in total. The summed E-state index contributed by atoms with van der Waals surface area (Å²) in [6.45, 7) is 12.1. The lowest BCUT2D eigenvalue weighted by Crippen LogP contribution is -2.07. The van der Waals surface area contributed by atoms with E-state index in [2.05, 4.69) is 19.7 Å². The summed E-state index contributed by atoms with van der Waals surface area (Å²) in [5, 5.41) is 0. The molecule has 1 aliphatic carbocycles. The van der Waals surface area contributed by atoms with Crippen LogP contribution in [-0.2, 0) is 14.2 Å². The molecule has 4 aliphatic rings. The van der Waals surface area contributed by atoms with Crippen molar-refractivity contribution in [2.24, 2.45) is 0 Å². The Morgan fingerprint density at radius 1 is 0.533 bits per heavy atom. The minimum Gasteiger partial charge on any atom is -0.360 e. The molecule has 3 heteroatoms. The van der Waals surface area contributed by atoms with Crippen LogP contribution in [-0.4, -0.2) is 36.6 Å². The molecule has 1 saturated carbocycles. The van der Waals surface area contributed by atoms with Crippen LogP contribution < -0.4 is 0 Å². The van der Waals surface area contributed by atoms with E-state index >= 15 is 0 Å². The van der Waals surface area contributed by atoms with E-state index in [1.807, 2.05) is 0 Å². The molecule has 0 bridgehead atoms. The van der Waals surface area contributed by atoms with Crippen LogP contribution in [0.3, 0.4) is 0 Å². The molecular weight excluding hydrogens is 192 g/mol. The monoisotopic (exact) mass is 204 g/mol. The molecule has 0 aromatic carbocycles. The fraction of sp³-hybridized carbons (Fsp3) is 0.500. The van der Waals surface area contributed by atoms with Crippen molar-refractivity contribution < 1.29 is 14.2 Å². The van der Waals surface area contributed by atoms with Gasteiger partial charge in [-0.3, -0.25) is 0 Å². The topological polar surface area (TPSA) is 37.6 Å². The van der Waals surface area contributed by atoms with Crippen molar-refractivity contribution in [1.29, 1.82) is 0 Å². The van der Waals surface area contributed by atoms with Crippen molar-refractivity contribution in [2.75, 3.05) is 0 Å². The summed E-state index contributed by atoms with van der Waals surface area (Å²) in [4.78, 5) is 0. The lowest BCUT2D eigenvalue weighted by atomic mass is 10.0. The lowest BCUT2D eigenvalue weighted by Gasteiger charge is -1.96. The fourth-order valence-electron chi connectivity index (χ4n) is 2.51. The maximum absolute atomic E-state index is 5.56. The van der Waals surface area contributed by atoms with E-state index in [0.717, 1.165) is 16.7 Å². The van der Waals surface area contributed by atoms with Gasteiger partial charge < -0.3 is 14.2 Å². The molecule has 4 fully saturated rings. The summed E-state index contributed by atoms with van der Waals surface area (Å²) in [6.07, 6.45) is 0.601. The minimum atomic E-state index is 0.100. The van der Waals surface area contributed by atoms with Gasteiger partial charge in [0.25, 0.3) is 0 Å². The van der Waals surface area contributed by atoms with Gasteiger partial charge >= 0.3 is 0 Å². The third-order valence-electron chi connectivity index (χ3n) is 3.67. The van der Waals surface area contributed by atoms with E-state index in [1.165, 1.54) is 0 Å². The van der Waals surface area contributed by atoms with Crippen LogP contribution in [0.1, 0.15) is 0 Å². The first-order valence-electron chi connectivity index (χ1n) is 5.21. The Hall–Kier alpha value is -0.900. The summed E-state index contributed by atoms with van der Waals surface area (Å²) >= 11 is 0. The molecule has 0 radical (unpaired) electrons. The van der Waals surface area contributed by atoms with Gasteiger partial charge in [0.1, 0.15) is 36.6 Å². The van der Waals surface area contributed by atoms with Gasteiger partial charge in [-0.25, -0.2) is 0 Å². The first kappa shape index (κ1) is 8.28. The van der Waals surface area contributed by atoms with Crippen molar-refractivity contribution in [3.63, 3.8) is 0 Å². The van der Waals surface area contributed by atoms with Crippen LogP contribution in [0.5, 0.6) is 0 Å². The highest BCUT2D eigenvalue weighted by atomic mass is 16.6. The van der Waals surface area contributed by atoms with E-state index in [0.29, 0.717) is 0 Å². The normalized spacial score (nSPS) is 55.6. The number of epoxide rings is 3. The average Bonchev–Trinajstić information content (AvgIpc) is 3.15. The third kappa shape index (κ3) is 0.956. The summed E-state index contributed by atoms with van der Waals surface area (Å²) < 4.78 is 16.7. The molecule has 0 aromatic rings. The Kier molecular flexibility index (Phi) is 1.25. The zero-order valence-corrected chi connectivity index (χ0v) is 8.31. The van der Waals surface area contributed by atoms with Gasteiger partial charge in [-0.1, -0.05) is 19.7 Å². The van der Waals surface area contributed by atoms with Crippen molar-refractivity contribution in [1.82, 2.24) is 0 Å². The number of hydrogen-bond acceptors (Lipinski definition) is 3. The Labute approximate surface area is 88.0 Å². The molecule has 3 aliphatic heterocycles. The van der Waals surface area contributed by atoms with Gasteiger partial charge in [0.2, 0.25) is 0 Å². The Morgan fingerprint density at radius 2 is 0.733 bits per heavy atom. The van der Waals surface area contributed by atoms with Gasteiger partial charge in [0, 0.05) is 0 Å². The van der Waals surface area contributed by atoms with Crippen molar-refractivity contribution >= 4 is 0 Å². The summed E-state index contributed by atoms with van der Waals surface area (Å²) in [5.74, 6) is 0. The van der Waals surface area contributed by atoms with Crippen LogP contribution in [0.2, 0.25) is 0 Å². The first-order valence-corrected chi connectivity index (χ1v) is 5.21.